The van der Waals surface area contributed by atoms with Crippen LogP contribution in [0, 0.1) is 0 Å². The summed E-state index contributed by atoms with van der Waals surface area (Å²) in [5, 5.41) is 6.28. The van der Waals surface area contributed by atoms with Crippen molar-refractivity contribution in [1.29, 1.82) is 0 Å². The number of likely N-dealkylation sites (tertiary alicyclic amines) is 1. The van der Waals surface area contributed by atoms with Gasteiger partial charge in [-0.15, -0.1) is 0 Å². The van der Waals surface area contributed by atoms with Gasteiger partial charge in [0.05, 0.1) is 18.5 Å². The summed E-state index contributed by atoms with van der Waals surface area (Å²) in [5.41, 5.74) is 2.05. The molecule has 2 N–H and O–H groups in total. The van der Waals surface area contributed by atoms with E-state index in [0.717, 1.165) is 24.1 Å². The van der Waals surface area contributed by atoms with E-state index in [2.05, 4.69) is 15.6 Å². The molecule has 154 valence electrons. The normalized spacial score (nSPS) is 14.3. The summed E-state index contributed by atoms with van der Waals surface area (Å²) >= 11 is 0. The number of rotatable bonds is 7. The van der Waals surface area contributed by atoms with Gasteiger partial charge in [0.25, 0.3) is 0 Å². The summed E-state index contributed by atoms with van der Waals surface area (Å²) < 4.78 is 5.04. The van der Waals surface area contributed by atoms with Crippen molar-refractivity contribution in [1.82, 2.24) is 9.88 Å². The minimum atomic E-state index is -0.236. The molecule has 2 heterocycles. The lowest BCUT2D eigenvalue weighted by atomic mass is 10.1. The summed E-state index contributed by atoms with van der Waals surface area (Å²) in [6, 6.07) is 13.9. The van der Waals surface area contributed by atoms with Crippen LogP contribution in [0.15, 0.2) is 48.7 Å². The molecule has 1 aromatic heterocycles. The first kappa shape index (κ1) is 20.6. The Morgan fingerprint density at radius 2 is 1.90 bits per heavy atom. The highest BCUT2D eigenvalue weighted by molar-refractivity contribution is 5.89. The SMILES string of the molecule is CCOC(=O)N1CCC(Nc2ccc(NC(=O)CCc3ccccc3)nc2)CC1. The number of aromatic nitrogens is 1. The first-order valence-corrected chi connectivity index (χ1v) is 10.1. The van der Waals surface area contributed by atoms with Gasteiger partial charge >= 0.3 is 6.09 Å². The van der Waals surface area contributed by atoms with E-state index >= 15 is 0 Å². The van der Waals surface area contributed by atoms with Crippen LogP contribution in [0.25, 0.3) is 0 Å². The van der Waals surface area contributed by atoms with Crippen molar-refractivity contribution in [3.8, 4) is 0 Å². The highest BCUT2D eigenvalue weighted by atomic mass is 16.6. The zero-order chi connectivity index (χ0) is 20.5. The van der Waals surface area contributed by atoms with E-state index in [1.54, 1.807) is 17.2 Å². The number of hydrogen-bond donors (Lipinski definition) is 2. The molecule has 1 aliphatic heterocycles. The maximum atomic E-state index is 12.1. The maximum absolute atomic E-state index is 12.1. The number of nitrogens with one attached hydrogen (secondary N) is 2. The van der Waals surface area contributed by atoms with Crippen LogP contribution in [-0.2, 0) is 16.0 Å². The fourth-order valence-electron chi connectivity index (χ4n) is 3.32. The Morgan fingerprint density at radius 3 is 2.55 bits per heavy atom. The van der Waals surface area contributed by atoms with E-state index in [9.17, 15) is 9.59 Å². The molecule has 1 fully saturated rings. The van der Waals surface area contributed by atoms with E-state index in [1.807, 2.05) is 43.3 Å². The van der Waals surface area contributed by atoms with Gasteiger partial charge in [-0.25, -0.2) is 9.78 Å². The number of pyridine rings is 1. The fraction of sp³-hybridized carbons (Fsp3) is 0.409. The third kappa shape index (κ3) is 6.48. The van der Waals surface area contributed by atoms with Crippen molar-refractivity contribution >= 4 is 23.5 Å². The summed E-state index contributed by atoms with van der Waals surface area (Å²) in [5.74, 6) is 0.499. The van der Waals surface area contributed by atoms with Crippen LogP contribution >= 0.6 is 0 Å². The topological polar surface area (TPSA) is 83.6 Å². The molecule has 7 heteroatoms. The van der Waals surface area contributed by atoms with E-state index in [4.69, 9.17) is 4.74 Å². The van der Waals surface area contributed by atoms with Gasteiger partial charge in [-0.3, -0.25) is 4.79 Å². The van der Waals surface area contributed by atoms with Crippen LogP contribution in [0.3, 0.4) is 0 Å². The first-order chi connectivity index (χ1) is 14.1. The number of amides is 2. The number of carbonyl (C=O) groups excluding carboxylic acids is 2. The summed E-state index contributed by atoms with van der Waals surface area (Å²) in [6.45, 7) is 3.57. The molecule has 3 rings (SSSR count). The van der Waals surface area contributed by atoms with Crippen molar-refractivity contribution in [3.63, 3.8) is 0 Å². The minimum Gasteiger partial charge on any atom is -0.450 e. The molecular weight excluding hydrogens is 368 g/mol. The minimum absolute atomic E-state index is 0.0478. The van der Waals surface area contributed by atoms with Gasteiger partial charge in [-0.2, -0.15) is 0 Å². The number of aryl methyl sites for hydroxylation is 1. The Labute approximate surface area is 171 Å². The van der Waals surface area contributed by atoms with Crippen LogP contribution < -0.4 is 10.6 Å². The van der Waals surface area contributed by atoms with Crippen LogP contribution in [0.2, 0.25) is 0 Å². The second-order valence-corrected chi connectivity index (χ2v) is 7.07. The number of nitrogens with zero attached hydrogens (tertiary/aromatic N) is 2. The first-order valence-electron chi connectivity index (χ1n) is 10.1. The fourth-order valence-corrected chi connectivity index (χ4v) is 3.32. The Bertz CT molecular complexity index is 787. The maximum Gasteiger partial charge on any atom is 0.409 e. The molecule has 0 saturated carbocycles. The van der Waals surface area contributed by atoms with Gasteiger partial charge < -0.3 is 20.3 Å². The standard InChI is InChI=1S/C22H28N4O3/c1-2-29-22(28)26-14-12-18(13-15-26)24-19-9-10-20(23-16-19)25-21(27)11-8-17-6-4-3-5-7-17/h3-7,9-10,16,18,24H,2,8,11-15H2,1H3,(H,23,25,27). The van der Waals surface area contributed by atoms with Crippen molar-refractivity contribution in [2.45, 2.75) is 38.6 Å². The van der Waals surface area contributed by atoms with Gasteiger partial charge in [-0.1, -0.05) is 30.3 Å². The quantitative estimate of drug-likeness (QED) is 0.746. The third-order valence-corrected chi connectivity index (χ3v) is 4.91. The Morgan fingerprint density at radius 1 is 1.14 bits per heavy atom. The number of hydrogen-bond acceptors (Lipinski definition) is 5. The molecule has 0 atom stereocenters. The van der Waals surface area contributed by atoms with Gasteiger partial charge in [0.1, 0.15) is 5.82 Å². The molecule has 0 aliphatic carbocycles. The number of ether oxygens (including phenoxy) is 1. The molecule has 2 amide bonds. The van der Waals surface area contributed by atoms with Gasteiger partial charge in [-0.05, 0) is 43.9 Å². The number of anilines is 2. The van der Waals surface area contributed by atoms with E-state index in [0.29, 0.717) is 38.4 Å². The zero-order valence-electron chi connectivity index (χ0n) is 16.8. The largest absolute Gasteiger partial charge is 0.450 e. The van der Waals surface area contributed by atoms with Crippen LogP contribution in [-0.4, -0.2) is 47.6 Å². The molecule has 29 heavy (non-hydrogen) atoms. The lowest BCUT2D eigenvalue weighted by Crippen LogP contribution is -2.42. The highest BCUT2D eigenvalue weighted by Gasteiger charge is 2.23. The van der Waals surface area contributed by atoms with Gasteiger partial charge in [0.15, 0.2) is 0 Å². The average Bonchev–Trinajstić information content (AvgIpc) is 2.75. The summed E-state index contributed by atoms with van der Waals surface area (Å²) in [6.07, 6.45) is 4.33. The molecule has 1 aromatic carbocycles. The van der Waals surface area contributed by atoms with E-state index in [1.165, 1.54) is 0 Å². The van der Waals surface area contributed by atoms with Crippen molar-refractivity contribution in [3.05, 3.63) is 54.2 Å². The van der Waals surface area contributed by atoms with Crippen LogP contribution in [0.1, 0.15) is 31.7 Å². The summed E-state index contributed by atoms with van der Waals surface area (Å²) in [4.78, 5) is 29.9. The van der Waals surface area contributed by atoms with Gasteiger partial charge in [0, 0.05) is 25.6 Å². The molecule has 1 aliphatic rings. The Kier molecular flexibility index (Phi) is 7.44. The second kappa shape index (κ2) is 10.5. The second-order valence-electron chi connectivity index (χ2n) is 7.07. The van der Waals surface area contributed by atoms with Gasteiger partial charge in [0.2, 0.25) is 5.91 Å². The Balaban J connectivity index is 1.41. The number of benzene rings is 1. The number of piperidine rings is 1. The van der Waals surface area contributed by atoms with Crippen LogP contribution in [0.4, 0.5) is 16.3 Å². The zero-order valence-corrected chi connectivity index (χ0v) is 16.8. The summed E-state index contributed by atoms with van der Waals surface area (Å²) in [7, 11) is 0. The highest BCUT2D eigenvalue weighted by Crippen LogP contribution is 2.18. The van der Waals surface area contributed by atoms with E-state index in [-0.39, 0.29) is 18.0 Å². The van der Waals surface area contributed by atoms with Crippen LogP contribution in [0.5, 0.6) is 0 Å². The molecule has 0 spiro atoms. The predicted octanol–water partition coefficient (Wildman–Crippen LogP) is 3.69. The lowest BCUT2D eigenvalue weighted by molar-refractivity contribution is -0.116. The predicted molar refractivity (Wildman–Crippen MR) is 113 cm³/mol. The van der Waals surface area contributed by atoms with E-state index < -0.39 is 0 Å². The molecule has 2 aromatic rings. The lowest BCUT2D eigenvalue weighted by Gasteiger charge is -2.32. The molecule has 0 radical (unpaired) electrons. The van der Waals surface area contributed by atoms with Crippen molar-refractivity contribution in [2.75, 3.05) is 30.3 Å². The van der Waals surface area contributed by atoms with Crippen molar-refractivity contribution < 1.29 is 14.3 Å². The molecule has 7 nitrogen and oxygen atoms in total. The molecular formula is C22H28N4O3. The average molecular weight is 396 g/mol. The molecule has 0 bridgehead atoms. The Hall–Kier alpha value is -3.09. The van der Waals surface area contributed by atoms with Crippen molar-refractivity contribution in [2.24, 2.45) is 0 Å². The third-order valence-electron chi connectivity index (χ3n) is 4.91. The number of carbonyl (C=O) groups is 2. The molecule has 0 unspecified atom stereocenters. The monoisotopic (exact) mass is 396 g/mol. The molecule has 1 saturated heterocycles. The smallest absolute Gasteiger partial charge is 0.409 e.